The highest BCUT2D eigenvalue weighted by atomic mass is 16.7. The summed E-state index contributed by atoms with van der Waals surface area (Å²) in [4.78, 5) is 52.0. The van der Waals surface area contributed by atoms with E-state index in [1.165, 1.54) is 6.92 Å². The number of carbonyl (C=O) groups is 4. The average molecular weight is 537 g/mol. The molecule has 0 amide bonds. The first-order valence-corrected chi connectivity index (χ1v) is 13.4. The zero-order valence-corrected chi connectivity index (χ0v) is 22.0. The fourth-order valence-corrected chi connectivity index (χ4v) is 5.75. The second-order valence-corrected chi connectivity index (χ2v) is 10.1. The molecule has 8 heteroatoms. The number of fused-ring (bicyclic) bond motifs is 2. The van der Waals surface area contributed by atoms with Gasteiger partial charge in [0.15, 0.2) is 0 Å². The van der Waals surface area contributed by atoms with Crippen LogP contribution in [0.25, 0.3) is 0 Å². The lowest BCUT2D eigenvalue weighted by atomic mass is 10.0. The van der Waals surface area contributed by atoms with Crippen molar-refractivity contribution in [2.45, 2.75) is 51.0 Å². The van der Waals surface area contributed by atoms with Crippen LogP contribution in [0.5, 0.6) is 0 Å². The van der Waals surface area contributed by atoms with Crippen molar-refractivity contribution < 1.29 is 28.7 Å². The number of ketones is 2. The third kappa shape index (κ3) is 4.55. The third-order valence-electron chi connectivity index (χ3n) is 7.70. The maximum Gasteiger partial charge on any atom is 0.318 e. The van der Waals surface area contributed by atoms with Gasteiger partial charge in [0.1, 0.15) is 0 Å². The Labute approximate surface area is 231 Å². The summed E-state index contributed by atoms with van der Waals surface area (Å²) >= 11 is 0. The standard InChI is InChI=1S/C32H28N2O6/c1-20(39-31(37)23-16-18-33-25(23)12-14-27(33)29(35)21-8-4-2-5-9-21)40-32(38)24-17-19-34-26(24)13-15-28(34)30(36)22-10-6-3-7-11-22/h2-15,20,23-24H,16-19H2,1H3. The Bertz CT molecular complexity index is 1480. The Hall–Kier alpha value is -4.72. The third-order valence-corrected chi connectivity index (χ3v) is 7.70. The molecule has 0 saturated heterocycles. The van der Waals surface area contributed by atoms with Gasteiger partial charge in [-0.15, -0.1) is 0 Å². The van der Waals surface area contributed by atoms with E-state index < -0.39 is 30.1 Å². The van der Waals surface area contributed by atoms with Crippen LogP contribution < -0.4 is 0 Å². The lowest BCUT2D eigenvalue weighted by molar-refractivity contribution is -0.186. The molecule has 6 rings (SSSR count). The second kappa shape index (κ2) is 10.4. The van der Waals surface area contributed by atoms with Crippen molar-refractivity contribution in [1.82, 2.24) is 9.13 Å². The summed E-state index contributed by atoms with van der Waals surface area (Å²) < 4.78 is 14.8. The number of nitrogens with zero attached hydrogens (tertiary/aromatic N) is 2. The SMILES string of the molecule is CC(OC(=O)C1CCn2c(C(=O)c3ccccc3)ccc21)OC(=O)C1CCn2c(C(=O)c3ccccc3)ccc21. The molecule has 202 valence electrons. The largest absolute Gasteiger partial charge is 0.425 e. The fraction of sp³-hybridized carbons (Fsp3) is 0.250. The number of ether oxygens (including phenoxy) is 2. The molecule has 8 nitrogen and oxygen atoms in total. The molecule has 0 N–H and O–H groups in total. The van der Waals surface area contributed by atoms with Crippen LogP contribution in [0.3, 0.4) is 0 Å². The molecule has 2 aromatic heterocycles. The van der Waals surface area contributed by atoms with Gasteiger partial charge in [0.05, 0.1) is 23.2 Å². The molecule has 40 heavy (non-hydrogen) atoms. The Kier molecular flexibility index (Phi) is 6.67. The van der Waals surface area contributed by atoms with E-state index in [9.17, 15) is 19.2 Å². The first kappa shape index (κ1) is 25.6. The Morgan fingerprint density at radius 2 is 1.02 bits per heavy atom. The van der Waals surface area contributed by atoms with Crippen molar-refractivity contribution in [3.63, 3.8) is 0 Å². The Balaban J connectivity index is 1.09. The van der Waals surface area contributed by atoms with E-state index in [2.05, 4.69) is 0 Å². The molecule has 4 aromatic rings. The molecule has 0 saturated carbocycles. The highest BCUT2D eigenvalue weighted by Crippen LogP contribution is 2.34. The first-order chi connectivity index (χ1) is 19.4. The van der Waals surface area contributed by atoms with Crippen molar-refractivity contribution in [2.75, 3.05) is 0 Å². The second-order valence-electron chi connectivity index (χ2n) is 10.1. The molecule has 0 aliphatic carbocycles. The van der Waals surface area contributed by atoms with Crippen LogP contribution in [0.15, 0.2) is 84.9 Å². The maximum absolute atomic E-state index is 13.0. The minimum absolute atomic E-state index is 0.0990. The van der Waals surface area contributed by atoms with Crippen molar-refractivity contribution >= 4 is 23.5 Å². The van der Waals surface area contributed by atoms with E-state index in [1.807, 2.05) is 45.5 Å². The quantitative estimate of drug-likeness (QED) is 0.181. The fourth-order valence-electron chi connectivity index (χ4n) is 5.75. The normalized spacial score (nSPS) is 18.0. The Morgan fingerprint density at radius 3 is 1.43 bits per heavy atom. The van der Waals surface area contributed by atoms with Gasteiger partial charge in [0, 0.05) is 42.5 Å². The lowest BCUT2D eigenvalue weighted by Crippen LogP contribution is -2.26. The average Bonchev–Trinajstić information content (AvgIpc) is 3.75. The van der Waals surface area contributed by atoms with Crippen LogP contribution >= 0.6 is 0 Å². The summed E-state index contributed by atoms with van der Waals surface area (Å²) in [5.41, 5.74) is 3.67. The zero-order valence-electron chi connectivity index (χ0n) is 22.0. The molecule has 2 aliphatic heterocycles. The van der Waals surface area contributed by atoms with Crippen molar-refractivity contribution in [3.05, 3.63) is 119 Å². The van der Waals surface area contributed by atoms with Crippen LogP contribution in [0.2, 0.25) is 0 Å². The van der Waals surface area contributed by atoms with Crippen LogP contribution in [0.4, 0.5) is 0 Å². The summed E-state index contributed by atoms with van der Waals surface area (Å²) in [7, 11) is 0. The number of benzene rings is 2. The van der Waals surface area contributed by atoms with Gasteiger partial charge in [0.2, 0.25) is 17.9 Å². The number of esters is 2. The van der Waals surface area contributed by atoms with E-state index in [0.29, 0.717) is 59.8 Å². The van der Waals surface area contributed by atoms with E-state index in [1.54, 1.807) is 48.5 Å². The molecule has 0 spiro atoms. The van der Waals surface area contributed by atoms with Gasteiger partial charge in [-0.05, 0) is 37.1 Å². The minimum Gasteiger partial charge on any atom is -0.425 e. The van der Waals surface area contributed by atoms with Crippen molar-refractivity contribution in [2.24, 2.45) is 0 Å². The molecular weight excluding hydrogens is 508 g/mol. The summed E-state index contributed by atoms with van der Waals surface area (Å²) in [5, 5.41) is 0. The van der Waals surface area contributed by atoms with E-state index in [0.717, 1.165) is 0 Å². The molecule has 2 aromatic carbocycles. The molecule has 4 heterocycles. The van der Waals surface area contributed by atoms with Crippen molar-refractivity contribution in [3.8, 4) is 0 Å². The van der Waals surface area contributed by atoms with Gasteiger partial charge in [-0.1, -0.05) is 60.7 Å². The summed E-state index contributed by atoms with van der Waals surface area (Å²) in [6.07, 6.45) is -0.0815. The van der Waals surface area contributed by atoms with Crippen LogP contribution in [0, 0.1) is 0 Å². The molecule has 2 unspecified atom stereocenters. The first-order valence-electron chi connectivity index (χ1n) is 13.4. The van der Waals surface area contributed by atoms with E-state index >= 15 is 0 Å². The number of hydrogen-bond donors (Lipinski definition) is 0. The number of carbonyl (C=O) groups excluding carboxylic acids is 4. The smallest absolute Gasteiger partial charge is 0.318 e. The summed E-state index contributed by atoms with van der Waals surface area (Å²) in [5.74, 6) is -2.29. The lowest BCUT2D eigenvalue weighted by Gasteiger charge is -2.18. The molecular formula is C32H28N2O6. The number of hydrogen-bond acceptors (Lipinski definition) is 6. The Morgan fingerprint density at radius 1 is 0.625 bits per heavy atom. The van der Waals surface area contributed by atoms with Gasteiger partial charge in [-0.25, -0.2) is 0 Å². The summed E-state index contributed by atoms with van der Waals surface area (Å²) in [6.45, 7) is 2.56. The van der Waals surface area contributed by atoms with Gasteiger partial charge >= 0.3 is 11.9 Å². The van der Waals surface area contributed by atoms with Crippen LogP contribution in [-0.2, 0) is 32.2 Å². The molecule has 2 atom stereocenters. The number of rotatable bonds is 8. The molecule has 2 aliphatic rings. The molecule has 0 radical (unpaired) electrons. The molecule has 0 fully saturated rings. The van der Waals surface area contributed by atoms with Crippen molar-refractivity contribution in [1.29, 1.82) is 0 Å². The number of aromatic nitrogens is 2. The van der Waals surface area contributed by atoms with Gasteiger partial charge in [0.25, 0.3) is 0 Å². The highest BCUT2D eigenvalue weighted by molar-refractivity contribution is 6.09. The minimum atomic E-state index is -1.08. The monoisotopic (exact) mass is 536 g/mol. The van der Waals surface area contributed by atoms with E-state index in [-0.39, 0.29) is 11.6 Å². The predicted octanol–water partition coefficient (Wildman–Crippen LogP) is 4.86. The topological polar surface area (TPSA) is 96.6 Å². The molecule has 0 bridgehead atoms. The van der Waals surface area contributed by atoms with Gasteiger partial charge in [-0.2, -0.15) is 0 Å². The van der Waals surface area contributed by atoms with Crippen LogP contribution in [-0.4, -0.2) is 38.9 Å². The summed E-state index contributed by atoms with van der Waals surface area (Å²) in [6, 6.07) is 25.1. The maximum atomic E-state index is 13.0. The van der Waals surface area contributed by atoms with E-state index in [4.69, 9.17) is 9.47 Å². The predicted molar refractivity (Wildman–Crippen MR) is 145 cm³/mol. The van der Waals surface area contributed by atoms with Gasteiger partial charge < -0.3 is 18.6 Å². The highest BCUT2D eigenvalue weighted by Gasteiger charge is 2.36. The zero-order chi connectivity index (χ0) is 27.8. The van der Waals surface area contributed by atoms with Crippen LogP contribution in [0.1, 0.15) is 75.1 Å². The van der Waals surface area contributed by atoms with Gasteiger partial charge in [-0.3, -0.25) is 19.2 Å².